The number of nitrogens with one attached hydrogen (secondary N) is 1. The number of amides is 2. The Bertz CT molecular complexity index is 468. The zero-order chi connectivity index (χ0) is 15.1. The Labute approximate surface area is 125 Å². The van der Waals surface area contributed by atoms with Crippen LogP contribution >= 0.6 is 0 Å². The van der Waals surface area contributed by atoms with Gasteiger partial charge in [0.15, 0.2) is 0 Å². The minimum atomic E-state index is -0.185. The SMILES string of the molecule is CN1CCN(C(=O)CC(=O)NCCc2ccccc2)CC1. The first-order valence-corrected chi connectivity index (χ1v) is 7.42. The van der Waals surface area contributed by atoms with Gasteiger partial charge in [-0.3, -0.25) is 9.59 Å². The molecule has 114 valence electrons. The number of carbonyl (C=O) groups excluding carboxylic acids is 2. The van der Waals surface area contributed by atoms with Crippen LogP contribution in [0.1, 0.15) is 12.0 Å². The van der Waals surface area contributed by atoms with Crippen molar-refractivity contribution in [2.45, 2.75) is 12.8 Å². The Morgan fingerprint density at radius 1 is 1.10 bits per heavy atom. The van der Waals surface area contributed by atoms with E-state index in [0.717, 1.165) is 19.5 Å². The highest BCUT2D eigenvalue weighted by atomic mass is 16.2. The van der Waals surface area contributed by atoms with Crippen molar-refractivity contribution < 1.29 is 9.59 Å². The summed E-state index contributed by atoms with van der Waals surface area (Å²) in [5.41, 5.74) is 1.18. The van der Waals surface area contributed by atoms with E-state index >= 15 is 0 Å². The highest BCUT2D eigenvalue weighted by molar-refractivity contribution is 5.96. The molecule has 0 atom stereocenters. The predicted molar refractivity (Wildman–Crippen MR) is 81.8 cm³/mol. The van der Waals surface area contributed by atoms with Crippen molar-refractivity contribution >= 4 is 11.8 Å². The van der Waals surface area contributed by atoms with Crippen LogP contribution in [0.15, 0.2) is 30.3 Å². The van der Waals surface area contributed by atoms with E-state index in [0.29, 0.717) is 19.6 Å². The Hall–Kier alpha value is -1.88. The number of carbonyl (C=O) groups is 2. The minimum absolute atomic E-state index is 0.0432. The third-order valence-corrected chi connectivity index (χ3v) is 3.75. The predicted octanol–water partition coefficient (Wildman–Crippen LogP) is 0.509. The van der Waals surface area contributed by atoms with E-state index in [1.165, 1.54) is 5.56 Å². The van der Waals surface area contributed by atoms with Crippen LogP contribution in [-0.2, 0) is 16.0 Å². The summed E-state index contributed by atoms with van der Waals surface area (Å²) in [5, 5.41) is 2.81. The van der Waals surface area contributed by atoms with E-state index in [2.05, 4.69) is 10.2 Å². The van der Waals surface area contributed by atoms with Gasteiger partial charge in [0.05, 0.1) is 0 Å². The Kier molecular flexibility index (Phi) is 5.75. The summed E-state index contributed by atoms with van der Waals surface area (Å²) in [6.45, 7) is 3.75. The lowest BCUT2D eigenvalue weighted by molar-refractivity contribution is -0.137. The normalized spacial score (nSPS) is 15.8. The molecular formula is C16H23N3O2. The highest BCUT2D eigenvalue weighted by Crippen LogP contribution is 2.02. The first-order chi connectivity index (χ1) is 10.1. The van der Waals surface area contributed by atoms with Crippen molar-refractivity contribution in [3.05, 3.63) is 35.9 Å². The van der Waals surface area contributed by atoms with Crippen molar-refractivity contribution in [3.63, 3.8) is 0 Å². The number of likely N-dealkylation sites (N-methyl/N-ethyl adjacent to an activating group) is 1. The van der Waals surface area contributed by atoms with Crippen LogP contribution in [0.25, 0.3) is 0 Å². The maximum atomic E-state index is 12.0. The number of hydrogen-bond acceptors (Lipinski definition) is 3. The molecule has 2 amide bonds. The van der Waals surface area contributed by atoms with Gasteiger partial charge in [0.25, 0.3) is 0 Å². The summed E-state index contributed by atoms with van der Waals surface area (Å²) in [6, 6.07) is 9.99. The lowest BCUT2D eigenvalue weighted by Gasteiger charge is -2.32. The zero-order valence-electron chi connectivity index (χ0n) is 12.5. The second-order valence-electron chi connectivity index (χ2n) is 5.45. The first-order valence-electron chi connectivity index (χ1n) is 7.42. The van der Waals surface area contributed by atoms with Crippen molar-refractivity contribution in [3.8, 4) is 0 Å². The van der Waals surface area contributed by atoms with Gasteiger partial charge in [0.2, 0.25) is 11.8 Å². The maximum absolute atomic E-state index is 12.0. The monoisotopic (exact) mass is 289 g/mol. The largest absolute Gasteiger partial charge is 0.355 e. The molecule has 0 bridgehead atoms. The van der Waals surface area contributed by atoms with Gasteiger partial charge in [-0.1, -0.05) is 30.3 Å². The minimum Gasteiger partial charge on any atom is -0.355 e. The average Bonchev–Trinajstić information content (AvgIpc) is 2.49. The molecule has 1 aliphatic heterocycles. The number of rotatable bonds is 5. The summed E-state index contributed by atoms with van der Waals surface area (Å²) in [7, 11) is 2.04. The molecule has 0 spiro atoms. The van der Waals surface area contributed by atoms with Gasteiger partial charge in [-0.2, -0.15) is 0 Å². The molecule has 1 aromatic carbocycles. The van der Waals surface area contributed by atoms with Crippen molar-refractivity contribution in [2.75, 3.05) is 39.8 Å². The van der Waals surface area contributed by atoms with E-state index in [1.54, 1.807) is 4.90 Å². The van der Waals surface area contributed by atoms with Crippen molar-refractivity contribution in [1.82, 2.24) is 15.1 Å². The fourth-order valence-corrected chi connectivity index (χ4v) is 2.36. The molecule has 0 aromatic heterocycles. The zero-order valence-corrected chi connectivity index (χ0v) is 12.5. The van der Waals surface area contributed by atoms with Crippen LogP contribution in [0.3, 0.4) is 0 Å². The Balaban J connectivity index is 1.66. The molecule has 0 unspecified atom stereocenters. The third-order valence-electron chi connectivity index (χ3n) is 3.75. The fourth-order valence-electron chi connectivity index (χ4n) is 2.36. The molecular weight excluding hydrogens is 266 g/mol. The number of piperazine rings is 1. The molecule has 21 heavy (non-hydrogen) atoms. The summed E-state index contributed by atoms with van der Waals surface area (Å²) in [4.78, 5) is 27.7. The van der Waals surface area contributed by atoms with Crippen molar-refractivity contribution in [2.24, 2.45) is 0 Å². The number of benzene rings is 1. The standard InChI is InChI=1S/C16H23N3O2/c1-18-9-11-19(12-10-18)16(21)13-15(20)17-8-7-14-5-3-2-4-6-14/h2-6H,7-13H2,1H3,(H,17,20). The molecule has 1 fully saturated rings. The fraction of sp³-hybridized carbons (Fsp3) is 0.500. The summed E-state index contributed by atoms with van der Waals surface area (Å²) in [5.74, 6) is -0.254. The van der Waals surface area contributed by atoms with Gasteiger partial charge in [-0.05, 0) is 19.0 Å². The molecule has 0 aliphatic carbocycles. The van der Waals surface area contributed by atoms with Crippen LogP contribution in [-0.4, -0.2) is 61.4 Å². The van der Waals surface area contributed by atoms with Gasteiger partial charge in [-0.15, -0.1) is 0 Å². The van der Waals surface area contributed by atoms with E-state index < -0.39 is 0 Å². The van der Waals surface area contributed by atoms with E-state index in [1.807, 2.05) is 37.4 Å². The van der Waals surface area contributed by atoms with Gasteiger partial charge >= 0.3 is 0 Å². The highest BCUT2D eigenvalue weighted by Gasteiger charge is 2.20. The average molecular weight is 289 g/mol. The van der Waals surface area contributed by atoms with E-state index in [-0.39, 0.29) is 18.2 Å². The van der Waals surface area contributed by atoms with Crippen LogP contribution in [0.4, 0.5) is 0 Å². The maximum Gasteiger partial charge on any atom is 0.232 e. The van der Waals surface area contributed by atoms with Crippen LogP contribution in [0.5, 0.6) is 0 Å². The third kappa shape index (κ3) is 5.19. The van der Waals surface area contributed by atoms with Gasteiger partial charge in [0.1, 0.15) is 6.42 Å². The van der Waals surface area contributed by atoms with Crippen LogP contribution < -0.4 is 5.32 Å². The van der Waals surface area contributed by atoms with E-state index in [9.17, 15) is 9.59 Å². The van der Waals surface area contributed by atoms with Gasteiger partial charge in [-0.25, -0.2) is 0 Å². The molecule has 0 saturated carbocycles. The molecule has 1 saturated heterocycles. The lowest BCUT2D eigenvalue weighted by Crippen LogP contribution is -2.48. The first kappa shape index (κ1) is 15.5. The summed E-state index contributed by atoms with van der Waals surface area (Å²) >= 11 is 0. The van der Waals surface area contributed by atoms with Crippen molar-refractivity contribution in [1.29, 1.82) is 0 Å². The second-order valence-corrected chi connectivity index (χ2v) is 5.45. The van der Waals surface area contributed by atoms with Gasteiger partial charge in [0, 0.05) is 32.7 Å². The molecule has 1 heterocycles. The van der Waals surface area contributed by atoms with Gasteiger partial charge < -0.3 is 15.1 Å². The molecule has 1 N–H and O–H groups in total. The molecule has 5 nitrogen and oxygen atoms in total. The van der Waals surface area contributed by atoms with E-state index in [4.69, 9.17) is 0 Å². The summed E-state index contributed by atoms with van der Waals surface area (Å²) in [6.07, 6.45) is 0.744. The summed E-state index contributed by atoms with van der Waals surface area (Å²) < 4.78 is 0. The van der Waals surface area contributed by atoms with Crippen LogP contribution in [0, 0.1) is 0 Å². The lowest BCUT2D eigenvalue weighted by atomic mass is 10.1. The Morgan fingerprint density at radius 2 is 1.76 bits per heavy atom. The number of nitrogens with zero attached hydrogens (tertiary/aromatic N) is 2. The topological polar surface area (TPSA) is 52.7 Å². The second kappa shape index (κ2) is 7.78. The molecule has 1 aromatic rings. The molecule has 1 aliphatic rings. The smallest absolute Gasteiger partial charge is 0.232 e. The van der Waals surface area contributed by atoms with Crippen LogP contribution in [0.2, 0.25) is 0 Å². The molecule has 2 rings (SSSR count). The quantitative estimate of drug-likeness (QED) is 0.804. The number of hydrogen-bond donors (Lipinski definition) is 1. The Morgan fingerprint density at radius 3 is 2.43 bits per heavy atom. The molecule has 5 heteroatoms. The molecule has 0 radical (unpaired) electrons.